The van der Waals surface area contributed by atoms with Crippen molar-refractivity contribution in [2.24, 2.45) is 0 Å². The zero-order valence-corrected chi connectivity index (χ0v) is 18.8. The lowest BCUT2D eigenvalue weighted by Crippen LogP contribution is -2.09. The third-order valence-electron chi connectivity index (χ3n) is 5.55. The molecular formula is C24H22N6O3. The Hall–Kier alpha value is -4.16. The van der Waals surface area contributed by atoms with E-state index in [0.29, 0.717) is 24.5 Å². The maximum Gasteiger partial charge on any atom is 0.166 e. The van der Waals surface area contributed by atoms with Gasteiger partial charge in [-0.15, -0.1) is 10.2 Å². The monoisotopic (exact) mass is 442 g/mol. The third-order valence-corrected chi connectivity index (χ3v) is 5.55. The molecular weight excluding hydrogens is 420 g/mol. The molecule has 0 fully saturated rings. The quantitative estimate of drug-likeness (QED) is 0.396. The standard InChI is InChI=1S/C24H22N6O3/c1-15-22(33-4)10-6-16(26-15)5-8-19-21-12-29-23(13-31-2)27-28-24(29)18-11-17(32-3)7-9-20(18)30(21)14-25-19/h6-7,9-11,14H,12-13H2,1-4H3. The van der Waals surface area contributed by atoms with Gasteiger partial charge in [0.25, 0.3) is 0 Å². The summed E-state index contributed by atoms with van der Waals surface area (Å²) in [6.07, 6.45) is 1.78. The molecule has 0 atom stereocenters. The molecule has 5 rings (SSSR count). The van der Waals surface area contributed by atoms with Crippen LogP contribution >= 0.6 is 0 Å². The largest absolute Gasteiger partial charge is 0.497 e. The molecule has 3 aromatic heterocycles. The maximum absolute atomic E-state index is 5.45. The van der Waals surface area contributed by atoms with Gasteiger partial charge in [-0.25, -0.2) is 9.97 Å². The highest BCUT2D eigenvalue weighted by molar-refractivity contribution is 5.71. The van der Waals surface area contributed by atoms with Gasteiger partial charge in [0.15, 0.2) is 11.6 Å². The van der Waals surface area contributed by atoms with E-state index >= 15 is 0 Å². The molecule has 1 aromatic carbocycles. The molecule has 0 unspecified atom stereocenters. The highest BCUT2D eigenvalue weighted by Gasteiger charge is 2.26. The Morgan fingerprint density at radius 2 is 1.91 bits per heavy atom. The fraction of sp³-hybridized carbons (Fsp3) is 0.250. The fourth-order valence-electron chi connectivity index (χ4n) is 3.91. The lowest BCUT2D eigenvalue weighted by atomic mass is 10.1. The molecule has 4 aromatic rings. The summed E-state index contributed by atoms with van der Waals surface area (Å²) in [6.45, 7) is 2.73. The molecule has 166 valence electrons. The van der Waals surface area contributed by atoms with E-state index in [2.05, 4.69) is 32.0 Å². The summed E-state index contributed by atoms with van der Waals surface area (Å²) in [7, 11) is 4.91. The van der Waals surface area contributed by atoms with Gasteiger partial charge in [-0.2, -0.15) is 0 Å². The number of pyridine rings is 1. The van der Waals surface area contributed by atoms with Crippen molar-refractivity contribution in [1.29, 1.82) is 0 Å². The lowest BCUT2D eigenvalue weighted by molar-refractivity contribution is 0.174. The number of fused-ring (bicyclic) bond motifs is 5. The van der Waals surface area contributed by atoms with Crippen molar-refractivity contribution in [3.05, 3.63) is 65.3 Å². The molecule has 1 aliphatic rings. The van der Waals surface area contributed by atoms with Crippen molar-refractivity contribution < 1.29 is 14.2 Å². The average molecular weight is 442 g/mol. The first kappa shape index (κ1) is 20.7. The highest BCUT2D eigenvalue weighted by atomic mass is 16.5. The fourth-order valence-corrected chi connectivity index (χ4v) is 3.91. The summed E-state index contributed by atoms with van der Waals surface area (Å²) in [5, 5.41) is 8.80. The second-order valence-electron chi connectivity index (χ2n) is 7.49. The number of methoxy groups -OCH3 is 3. The molecule has 0 amide bonds. The van der Waals surface area contributed by atoms with Crippen LogP contribution in [0, 0.1) is 18.8 Å². The molecule has 9 nitrogen and oxygen atoms in total. The highest BCUT2D eigenvalue weighted by Crippen LogP contribution is 2.34. The van der Waals surface area contributed by atoms with Gasteiger partial charge in [0.2, 0.25) is 0 Å². The first-order valence-electron chi connectivity index (χ1n) is 10.3. The lowest BCUT2D eigenvalue weighted by Gasteiger charge is -2.09. The van der Waals surface area contributed by atoms with Crippen LogP contribution in [0.4, 0.5) is 0 Å². The van der Waals surface area contributed by atoms with E-state index < -0.39 is 0 Å². The van der Waals surface area contributed by atoms with E-state index in [9.17, 15) is 0 Å². The molecule has 0 saturated heterocycles. The zero-order valence-electron chi connectivity index (χ0n) is 18.8. The number of aryl methyl sites for hydroxylation is 1. The van der Waals surface area contributed by atoms with Crippen LogP contribution in [0.5, 0.6) is 11.5 Å². The van der Waals surface area contributed by atoms with E-state index in [1.54, 1.807) is 27.7 Å². The Labute approximate surface area is 191 Å². The van der Waals surface area contributed by atoms with Crippen LogP contribution in [0.15, 0.2) is 36.7 Å². The van der Waals surface area contributed by atoms with Crippen LogP contribution in [-0.2, 0) is 17.9 Å². The van der Waals surface area contributed by atoms with Crippen molar-refractivity contribution in [2.45, 2.75) is 20.1 Å². The van der Waals surface area contributed by atoms with Crippen molar-refractivity contribution in [1.82, 2.24) is 29.3 Å². The molecule has 0 saturated carbocycles. The van der Waals surface area contributed by atoms with Crippen LogP contribution in [-0.4, -0.2) is 50.6 Å². The van der Waals surface area contributed by atoms with E-state index in [1.807, 2.05) is 46.4 Å². The molecule has 4 heterocycles. The van der Waals surface area contributed by atoms with Gasteiger partial charge < -0.3 is 18.8 Å². The Kier molecular flexibility index (Phi) is 5.28. The van der Waals surface area contributed by atoms with Crippen LogP contribution < -0.4 is 9.47 Å². The van der Waals surface area contributed by atoms with Crippen molar-refractivity contribution in [3.63, 3.8) is 0 Å². The number of hydrogen-bond acceptors (Lipinski definition) is 7. The second kappa shape index (κ2) is 8.41. The van der Waals surface area contributed by atoms with Crippen LogP contribution in [0.1, 0.15) is 28.6 Å². The Bertz CT molecular complexity index is 1410. The molecule has 0 bridgehead atoms. The third kappa shape index (κ3) is 3.60. The molecule has 0 spiro atoms. The molecule has 33 heavy (non-hydrogen) atoms. The number of aromatic nitrogens is 6. The first-order valence-corrected chi connectivity index (χ1v) is 10.3. The minimum atomic E-state index is 0.344. The molecule has 1 aliphatic heterocycles. The number of benzene rings is 1. The maximum atomic E-state index is 5.45. The zero-order chi connectivity index (χ0) is 22.9. The number of rotatable bonds is 4. The van der Waals surface area contributed by atoms with Gasteiger partial charge in [-0.1, -0.05) is 0 Å². The van der Waals surface area contributed by atoms with Crippen LogP contribution in [0.2, 0.25) is 0 Å². The normalized spacial score (nSPS) is 11.5. The van der Waals surface area contributed by atoms with E-state index in [1.165, 1.54) is 0 Å². The predicted molar refractivity (Wildman–Crippen MR) is 120 cm³/mol. The number of ether oxygens (including phenoxy) is 3. The number of imidazole rings is 1. The molecule has 0 aliphatic carbocycles. The Morgan fingerprint density at radius 3 is 2.67 bits per heavy atom. The predicted octanol–water partition coefficient (Wildman–Crippen LogP) is 2.76. The van der Waals surface area contributed by atoms with Gasteiger partial charge >= 0.3 is 0 Å². The molecule has 0 N–H and O–H groups in total. The smallest absolute Gasteiger partial charge is 0.166 e. The summed E-state index contributed by atoms with van der Waals surface area (Å²) in [4.78, 5) is 9.11. The van der Waals surface area contributed by atoms with Crippen molar-refractivity contribution >= 4 is 0 Å². The van der Waals surface area contributed by atoms with Crippen molar-refractivity contribution in [2.75, 3.05) is 21.3 Å². The molecule has 9 heteroatoms. The summed E-state index contributed by atoms with van der Waals surface area (Å²) in [5.41, 5.74) is 4.85. The van der Waals surface area contributed by atoms with E-state index in [-0.39, 0.29) is 0 Å². The van der Waals surface area contributed by atoms with Gasteiger partial charge in [-0.05, 0) is 49.1 Å². The average Bonchev–Trinajstić information content (AvgIpc) is 3.38. The number of hydrogen-bond donors (Lipinski definition) is 0. The first-order chi connectivity index (χ1) is 16.1. The number of nitrogens with zero attached hydrogens (tertiary/aromatic N) is 6. The minimum Gasteiger partial charge on any atom is -0.497 e. The summed E-state index contributed by atoms with van der Waals surface area (Å²) in [6, 6.07) is 9.57. The Balaban J connectivity index is 1.64. The van der Waals surface area contributed by atoms with E-state index in [0.717, 1.165) is 45.8 Å². The molecule has 0 radical (unpaired) electrons. The van der Waals surface area contributed by atoms with Gasteiger partial charge in [0.05, 0.1) is 37.8 Å². The Morgan fingerprint density at radius 1 is 1.03 bits per heavy atom. The second-order valence-corrected chi connectivity index (χ2v) is 7.49. The SMILES string of the molecule is COCc1nnc2n1Cc1c(C#Cc3ccc(OC)c(C)n3)ncn1-c1ccc(OC)cc1-2. The van der Waals surface area contributed by atoms with Gasteiger partial charge in [0, 0.05) is 12.7 Å². The van der Waals surface area contributed by atoms with Gasteiger partial charge in [-0.3, -0.25) is 4.57 Å². The minimum absolute atomic E-state index is 0.344. The van der Waals surface area contributed by atoms with Gasteiger partial charge in [0.1, 0.15) is 35.8 Å². The van der Waals surface area contributed by atoms with E-state index in [4.69, 9.17) is 14.2 Å². The summed E-state index contributed by atoms with van der Waals surface area (Å²) >= 11 is 0. The summed E-state index contributed by atoms with van der Waals surface area (Å²) < 4.78 is 20.2. The van der Waals surface area contributed by atoms with Crippen LogP contribution in [0.3, 0.4) is 0 Å². The van der Waals surface area contributed by atoms with Crippen molar-refractivity contribution in [3.8, 4) is 40.4 Å². The summed E-state index contributed by atoms with van der Waals surface area (Å²) in [5.74, 6) is 9.26. The van der Waals surface area contributed by atoms with Crippen LogP contribution in [0.25, 0.3) is 17.1 Å². The topological polar surface area (TPSA) is 89.1 Å².